The largest absolute Gasteiger partial charge is 0.487 e. The van der Waals surface area contributed by atoms with E-state index in [9.17, 15) is 13.2 Å². The number of allylic oxidation sites excluding steroid dienone is 1. The van der Waals surface area contributed by atoms with Crippen molar-refractivity contribution in [2.75, 3.05) is 57.8 Å². The second-order valence-electron chi connectivity index (χ2n) is 15.2. The molecule has 7 rings (SSSR count). The first kappa shape index (κ1) is 34.8. The van der Waals surface area contributed by atoms with Gasteiger partial charge in [0, 0.05) is 55.9 Å². The highest BCUT2D eigenvalue weighted by atomic mass is 35.5. The number of piperazine rings is 1. The third kappa shape index (κ3) is 7.27. The van der Waals surface area contributed by atoms with E-state index in [0.29, 0.717) is 48.8 Å². The van der Waals surface area contributed by atoms with Crippen LogP contribution in [0.3, 0.4) is 0 Å². The van der Waals surface area contributed by atoms with Gasteiger partial charge in [0.2, 0.25) is 10.0 Å². The minimum atomic E-state index is -3.93. The van der Waals surface area contributed by atoms with E-state index < -0.39 is 26.8 Å². The number of fused-ring (bicyclic) bond motifs is 5. The van der Waals surface area contributed by atoms with Gasteiger partial charge in [-0.05, 0) is 112 Å². The van der Waals surface area contributed by atoms with Crippen LogP contribution in [0.4, 0.5) is 5.69 Å². The Kier molecular flexibility index (Phi) is 10.1. The zero-order valence-electron chi connectivity index (χ0n) is 29.1. The first-order chi connectivity index (χ1) is 23.5. The van der Waals surface area contributed by atoms with Crippen molar-refractivity contribution >= 4 is 33.2 Å². The van der Waals surface area contributed by atoms with Crippen molar-refractivity contribution in [3.8, 4) is 5.75 Å². The van der Waals surface area contributed by atoms with Crippen molar-refractivity contribution in [3.05, 3.63) is 70.3 Å². The molecule has 4 heterocycles. The van der Waals surface area contributed by atoms with Crippen LogP contribution >= 0.6 is 11.6 Å². The van der Waals surface area contributed by atoms with Crippen molar-refractivity contribution in [1.82, 2.24) is 14.5 Å². The molecule has 0 aromatic heterocycles. The van der Waals surface area contributed by atoms with Crippen LogP contribution in [-0.4, -0.2) is 93.9 Å². The number of hydrogen-bond acceptors (Lipinski definition) is 8. The Balaban J connectivity index is 1.27. The molecule has 1 amide bonds. The standard InChI is InChI=1S/C38H51ClN4O5S/c1-26-7-6-15-38(25-43-18-17-41(3)22-33(43)24-48-38)34-13-10-30(34)21-42-16-5-4-8-28-19-32(39)12-9-31(28)23-47-36-14-11-29(20-35(36)42)37(44)40-49(45,46)27(26)2/h6,9,11-12,14-15,19-20,26-27,30,33-34H,4-5,7-8,10,13,16-18,21-25H2,1-3H3,(H,40,44)/b15-6+/t26-,27+,30-,33-,34+,38-/m0/s1. The SMILES string of the molecule is C[C@@H]1[C@@H](C)C/C=C/[C@]2(CN3CCN(C)C[C@H]3CO2)[C@@H]2CC[C@H]2CN2CCCCc3cc(Cl)ccc3COc3ccc(cc32)C(=O)NS1(=O)=O. The van der Waals surface area contributed by atoms with E-state index in [1.54, 1.807) is 13.0 Å². The number of likely N-dealkylation sites (N-methyl/N-ethyl adjacent to an activating group) is 1. The summed E-state index contributed by atoms with van der Waals surface area (Å²) in [6.07, 6.45) is 10.1. The number of amides is 1. The van der Waals surface area contributed by atoms with Gasteiger partial charge in [-0.15, -0.1) is 0 Å². The van der Waals surface area contributed by atoms with E-state index in [1.165, 1.54) is 5.56 Å². The number of hydrogen-bond donors (Lipinski definition) is 1. The van der Waals surface area contributed by atoms with Crippen LogP contribution in [0, 0.1) is 17.8 Å². The summed E-state index contributed by atoms with van der Waals surface area (Å²) in [7, 11) is -1.75. The number of morpholine rings is 1. The lowest BCUT2D eigenvalue weighted by Crippen LogP contribution is -2.66. The van der Waals surface area contributed by atoms with E-state index in [0.717, 1.165) is 87.6 Å². The number of anilines is 1. The summed E-state index contributed by atoms with van der Waals surface area (Å²) in [4.78, 5) is 21.0. The lowest BCUT2D eigenvalue weighted by Gasteiger charge is -2.56. The first-order valence-electron chi connectivity index (χ1n) is 18.1. The average molecular weight is 711 g/mol. The normalized spacial score (nSPS) is 33.4. The molecule has 2 bridgehead atoms. The quantitative estimate of drug-likeness (QED) is 0.358. The summed E-state index contributed by atoms with van der Waals surface area (Å²) in [6, 6.07) is 11.7. The number of benzene rings is 2. The Morgan fingerprint density at radius 3 is 2.67 bits per heavy atom. The van der Waals surface area contributed by atoms with Crippen molar-refractivity contribution in [2.24, 2.45) is 17.8 Å². The van der Waals surface area contributed by atoms with Gasteiger partial charge in [0.05, 0.1) is 17.5 Å². The second-order valence-corrected chi connectivity index (χ2v) is 17.7. The molecule has 9 nitrogen and oxygen atoms in total. The molecule has 266 valence electrons. The Morgan fingerprint density at radius 2 is 1.86 bits per heavy atom. The second kappa shape index (κ2) is 14.2. The number of rotatable bonds is 0. The van der Waals surface area contributed by atoms with Crippen LogP contribution in [0.15, 0.2) is 48.6 Å². The highest BCUT2D eigenvalue weighted by Crippen LogP contribution is 2.48. The molecule has 0 radical (unpaired) electrons. The number of aryl methyl sites for hydroxylation is 1. The predicted octanol–water partition coefficient (Wildman–Crippen LogP) is 5.52. The van der Waals surface area contributed by atoms with Gasteiger partial charge in [-0.1, -0.05) is 36.7 Å². The number of carbonyl (C=O) groups is 1. The summed E-state index contributed by atoms with van der Waals surface area (Å²) in [5.74, 6) is 0.596. The number of halogens is 1. The fourth-order valence-corrected chi connectivity index (χ4v) is 10.0. The number of sulfonamides is 1. The molecule has 3 fully saturated rings. The number of carbonyl (C=O) groups excluding carboxylic acids is 1. The van der Waals surface area contributed by atoms with E-state index in [4.69, 9.17) is 21.1 Å². The minimum absolute atomic E-state index is 0.197. The molecule has 1 aliphatic carbocycles. The van der Waals surface area contributed by atoms with Crippen LogP contribution in [0.25, 0.3) is 0 Å². The van der Waals surface area contributed by atoms with Crippen molar-refractivity contribution in [1.29, 1.82) is 0 Å². The topological polar surface area (TPSA) is 91.4 Å². The van der Waals surface area contributed by atoms with Gasteiger partial charge in [-0.3, -0.25) is 9.69 Å². The van der Waals surface area contributed by atoms with E-state index in [-0.39, 0.29) is 5.92 Å². The maximum Gasteiger partial charge on any atom is 0.264 e. The molecule has 1 N–H and O–H groups in total. The average Bonchev–Trinajstić information content (AvgIpc) is 3.09. The minimum Gasteiger partial charge on any atom is -0.487 e. The summed E-state index contributed by atoms with van der Waals surface area (Å²) in [6.45, 7) is 10.2. The molecule has 11 heteroatoms. The molecule has 5 aliphatic rings. The number of nitrogens with one attached hydrogen (secondary N) is 1. The maximum absolute atomic E-state index is 13.6. The smallest absolute Gasteiger partial charge is 0.264 e. The van der Waals surface area contributed by atoms with Gasteiger partial charge in [0.1, 0.15) is 18.0 Å². The van der Waals surface area contributed by atoms with Crippen LogP contribution in [0.2, 0.25) is 5.02 Å². The van der Waals surface area contributed by atoms with E-state index in [1.807, 2.05) is 37.3 Å². The Bertz CT molecular complexity index is 1690. The first-order valence-corrected chi connectivity index (χ1v) is 20.0. The zero-order chi connectivity index (χ0) is 34.3. The summed E-state index contributed by atoms with van der Waals surface area (Å²) >= 11 is 6.39. The fraction of sp³-hybridized carbons (Fsp3) is 0.605. The van der Waals surface area contributed by atoms with Gasteiger partial charge in [0.25, 0.3) is 5.91 Å². The summed E-state index contributed by atoms with van der Waals surface area (Å²) in [5, 5.41) is -0.0368. The Hall–Kier alpha value is -2.63. The lowest BCUT2D eigenvalue weighted by atomic mass is 9.63. The molecule has 0 unspecified atom stereocenters. The number of ether oxygens (including phenoxy) is 2. The molecule has 1 saturated carbocycles. The molecule has 4 aliphatic heterocycles. The maximum atomic E-state index is 13.6. The van der Waals surface area contributed by atoms with Gasteiger partial charge in [-0.25, -0.2) is 13.1 Å². The third-order valence-corrected chi connectivity index (χ3v) is 14.1. The third-order valence-electron chi connectivity index (χ3n) is 12.0. The molecule has 2 aromatic rings. The van der Waals surface area contributed by atoms with E-state index in [2.05, 4.69) is 38.6 Å². The molecule has 49 heavy (non-hydrogen) atoms. The molecule has 2 saturated heterocycles. The summed E-state index contributed by atoms with van der Waals surface area (Å²) < 4.78 is 43.0. The van der Waals surface area contributed by atoms with Gasteiger partial charge < -0.3 is 19.3 Å². The van der Waals surface area contributed by atoms with Crippen LogP contribution in [0.1, 0.15) is 67.4 Å². The highest BCUT2D eigenvalue weighted by Gasteiger charge is 2.52. The van der Waals surface area contributed by atoms with Gasteiger partial charge in [-0.2, -0.15) is 0 Å². The van der Waals surface area contributed by atoms with Crippen molar-refractivity contribution < 1.29 is 22.7 Å². The molecule has 1 spiro atoms. The van der Waals surface area contributed by atoms with E-state index >= 15 is 0 Å². The number of nitrogens with zero attached hydrogens (tertiary/aromatic N) is 3. The fourth-order valence-electron chi connectivity index (χ4n) is 8.53. The Labute approximate surface area is 297 Å². The lowest BCUT2D eigenvalue weighted by molar-refractivity contribution is -0.173. The van der Waals surface area contributed by atoms with Gasteiger partial charge in [0.15, 0.2) is 0 Å². The van der Waals surface area contributed by atoms with Crippen LogP contribution in [-0.2, 0) is 27.8 Å². The van der Waals surface area contributed by atoms with Crippen molar-refractivity contribution in [2.45, 2.75) is 75.9 Å². The molecular formula is C38H51ClN4O5S. The molecular weight excluding hydrogens is 660 g/mol. The van der Waals surface area contributed by atoms with Crippen LogP contribution < -0.4 is 14.4 Å². The summed E-state index contributed by atoms with van der Waals surface area (Å²) in [5.41, 5.74) is 3.00. The van der Waals surface area contributed by atoms with Gasteiger partial charge >= 0.3 is 0 Å². The predicted molar refractivity (Wildman–Crippen MR) is 194 cm³/mol. The molecule has 6 atom stereocenters. The molecule has 2 aromatic carbocycles. The monoisotopic (exact) mass is 710 g/mol. The highest BCUT2D eigenvalue weighted by molar-refractivity contribution is 7.90. The van der Waals surface area contributed by atoms with Crippen LogP contribution in [0.5, 0.6) is 5.75 Å². The Morgan fingerprint density at radius 1 is 1.00 bits per heavy atom. The van der Waals surface area contributed by atoms with Crippen molar-refractivity contribution in [3.63, 3.8) is 0 Å². The zero-order valence-corrected chi connectivity index (χ0v) is 30.6.